The van der Waals surface area contributed by atoms with Gasteiger partial charge in [0, 0.05) is 122 Å². The first kappa shape index (κ1) is 68.9. The standard InChI is InChI=1S/BH3.Co.Cr.Hf.Pd.Pt.Re/h1H3;;;;;;. The van der Waals surface area contributed by atoms with Gasteiger partial charge in [0.05, 0.1) is 8.41 Å². The van der Waals surface area contributed by atoms with Crippen molar-refractivity contribution in [3.05, 3.63) is 0 Å². The number of hydrogen-bond acceptors (Lipinski definition) is 0. The van der Waals surface area contributed by atoms with Gasteiger partial charge in [0.25, 0.3) is 0 Å². The monoisotopic (exact) mass is 793 g/mol. The molecule has 0 amide bonds. The Kier molecular flexibility index (Phi) is 500. The molecule has 0 aromatic rings. The molecule has 0 saturated carbocycles. The number of rotatable bonds is 0. The molecular weight excluding hydrogens is 788 g/mol. The maximum absolute atomic E-state index is 0. The molecule has 0 spiro atoms. The van der Waals surface area contributed by atoms with Crippen LogP contribution in [0.1, 0.15) is 0 Å². The summed E-state index contributed by atoms with van der Waals surface area (Å²) in [5, 5.41) is 0. The van der Waals surface area contributed by atoms with Gasteiger partial charge in [-0.2, -0.15) is 0 Å². The summed E-state index contributed by atoms with van der Waals surface area (Å²) in [5.41, 5.74) is 0. The van der Waals surface area contributed by atoms with Crippen molar-refractivity contribution in [1.29, 1.82) is 0 Å². The summed E-state index contributed by atoms with van der Waals surface area (Å²) in [4.78, 5) is 0. The van der Waals surface area contributed by atoms with E-state index >= 15 is 0 Å². The zero-order valence-corrected chi connectivity index (χ0v) is 14.7. The van der Waals surface area contributed by atoms with Crippen LogP contribution in [-0.2, 0) is 122 Å². The van der Waals surface area contributed by atoms with E-state index in [4.69, 9.17) is 0 Å². The smallest absolute Gasteiger partial charge is 0 e. The maximum atomic E-state index is 0. The Bertz CT molecular complexity index is 19.7. The molecule has 0 bridgehead atoms. The summed E-state index contributed by atoms with van der Waals surface area (Å²) >= 11 is 0. The van der Waals surface area contributed by atoms with Crippen molar-refractivity contribution in [2.75, 3.05) is 0 Å². The molecule has 0 rings (SSSR count). The third-order valence-electron chi connectivity index (χ3n) is 0. The van der Waals surface area contributed by atoms with Gasteiger partial charge in [-0.25, -0.2) is 0 Å². The zero-order chi connectivity index (χ0) is 0. The van der Waals surface area contributed by atoms with E-state index in [1.807, 2.05) is 0 Å². The molecule has 0 heterocycles. The topological polar surface area (TPSA) is 0 Å². The van der Waals surface area contributed by atoms with E-state index in [2.05, 4.69) is 0 Å². The van der Waals surface area contributed by atoms with Crippen molar-refractivity contribution in [3.63, 3.8) is 0 Å². The molecule has 2 radical (unpaired) electrons. The Morgan fingerprint density at radius 1 is 1.00 bits per heavy atom. The Labute approximate surface area is 128 Å². The molecule has 0 aliphatic heterocycles. The SMILES string of the molecule is B.[Co].[Cr].[Hf].[Pd].[Pt].[Re]. The van der Waals surface area contributed by atoms with Crippen LogP contribution in [0.25, 0.3) is 0 Å². The summed E-state index contributed by atoms with van der Waals surface area (Å²) < 4.78 is 0. The average molecular weight is 791 g/mol. The van der Waals surface area contributed by atoms with Crippen molar-refractivity contribution in [1.82, 2.24) is 0 Å². The molecule has 0 aliphatic rings. The van der Waals surface area contributed by atoms with Crippen LogP contribution in [0, 0.1) is 0 Å². The van der Waals surface area contributed by atoms with Crippen molar-refractivity contribution >= 4 is 8.41 Å². The third-order valence-corrected chi connectivity index (χ3v) is 0. The van der Waals surface area contributed by atoms with Gasteiger partial charge in [-0.15, -0.1) is 0 Å². The second-order valence-corrected chi connectivity index (χ2v) is 0. The summed E-state index contributed by atoms with van der Waals surface area (Å²) in [7, 11) is 0. The van der Waals surface area contributed by atoms with Crippen molar-refractivity contribution < 1.29 is 122 Å². The molecule has 0 aromatic heterocycles. The van der Waals surface area contributed by atoms with Gasteiger partial charge in [0.15, 0.2) is 0 Å². The van der Waals surface area contributed by atoms with Crippen molar-refractivity contribution in [3.8, 4) is 0 Å². The molecule has 0 nitrogen and oxygen atoms in total. The largest absolute Gasteiger partial charge is 0.0814 e. The zero-order valence-electron chi connectivity index (χ0n) is 2.25. The molecule has 0 aliphatic carbocycles. The normalized spacial score (nSPS) is 0. The summed E-state index contributed by atoms with van der Waals surface area (Å²) in [5.74, 6) is 0. The van der Waals surface area contributed by atoms with Crippen LogP contribution in [-0.4, -0.2) is 8.41 Å². The van der Waals surface area contributed by atoms with Gasteiger partial charge in [-0.05, 0) is 0 Å². The summed E-state index contributed by atoms with van der Waals surface area (Å²) in [6.07, 6.45) is 0. The average Bonchev–Trinajstić information content (AvgIpc) is 0. The van der Waals surface area contributed by atoms with E-state index in [0.29, 0.717) is 0 Å². The molecule has 0 fully saturated rings. The molecule has 52 valence electrons. The minimum atomic E-state index is 0. The fourth-order valence-electron chi connectivity index (χ4n) is 0. The first-order valence-electron chi connectivity index (χ1n) is 0. The molecule has 7 heteroatoms. The van der Waals surface area contributed by atoms with Gasteiger partial charge in [-0.1, -0.05) is 0 Å². The Hall–Kier alpha value is 3.99. The maximum Gasteiger partial charge on any atom is 0.0814 e. The van der Waals surface area contributed by atoms with E-state index < -0.39 is 0 Å². The van der Waals surface area contributed by atoms with Crippen LogP contribution in [0.5, 0.6) is 0 Å². The second-order valence-electron chi connectivity index (χ2n) is 0. The van der Waals surface area contributed by atoms with Gasteiger partial charge in [-0.3, -0.25) is 0 Å². The summed E-state index contributed by atoms with van der Waals surface area (Å²) in [6.45, 7) is 0. The van der Waals surface area contributed by atoms with Crippen LogP contribution >= 0.6 is 0 Å². The van der Waals surface area contributed by atoms with Crippen LogP contribution < -0.4 is 0 Å². The van der Waals surface area contributed by atoms with E-state index in [9.17, 15) is 0 Å². The Morgan fingerprint density at radius 3 is 1.00 bits per heavy atom. The first-order valence-corrected chi connectivity index (χ1v) is 0. The van der Waals surface area contributed by atoms with Crippen molar-refractivity contribution in [2.24, 2.45) is 0 Å². The quantitative estimate of drug-likeness (QED) is 0.271. The van der Waals surface area contributed by atoms with Crippen LogP contribution in [0.2, 0.25) is 0 Å². The fraction of sp³-hybridized carbons (Fsp3) is 0. The third kappa shape index (κ3) is 40.1. The van der Waals surface area contributed by atoms with Gasteiger partial charge >= 0.3 is 0 Å². The van der Waals surface area contributed by atoms with Gasteiger partial charge < -0.3 is 0 Å². The number of hydrogen-bond donors (Lipinski definition) is 0. The second kappa shape index (κ2) is 50.7. The van der Waals surface area contributed by atoms with Crippen molar-refractivity contribution in [2.45, 2.75) is 0 Å². The van der Waals surface area contributed by atoms with E-state index in [0.717, 1.165) is 0 Å². The van der Waals surface area contributed by atoms with E-state index in [1.165, 1.54) is 0 Å². The molecular formula is H3BCoCrHfPdPtRe. The first-order chi connectivity index (χ1) is 0. The van der Waals surface area contributed by atoms with Crippen LogP contribution in [0.4, 0.5) is 0 Å². The van der Waals surface area contributed by atoms with Gasteiger partial charge in [0.1, 0.15) is 0 Å². The van der Waals surface area contributed by atoms with Crippen LogP contribution in [0.3, 0.4) is 0 Å². The van der Waals surface area contributed by atoms with Crippen LogP contribution in [0.15, 0.2) is 0 Å². The molecule has 0 atom stereocenters. The molecule has 0 saturated heterocycles. The van der Waals surface area contributed by atoms with E-state index in [1.54, 1.807) is 0 Å². The molecule has 7 heavy (non-hydrogen) atoms. The molecule has 0 unspecified atom stereocenters. The Morgan fingerprint density at radius 2 is 1.00 bits per heavy atom. The fourth-order valence-corrected chi connectivity index (χ4v) is 0. The Balaban J connectivity index is 0. The molecule has 0 aromatic carbocycles. The minimum Gasteiger partial charge on any atom is 0 e. The van der Waals surface area contributed by atoms with Gasteiger partial charge in [0.2, 0.25) is 0 Å². The predicted molar refractivity (Wildman–Crippen MR) is 9.94 cm³/mol. The minimum absolute atomic E-state index is 0. The molecule has 0 N–H and O–H groups in total. The predicted octanol–water partition coefficient (Wildman–Crippen LogP) is -1.20. The van der Waals surface area contributed by atoms with E-state index in [-0.39, 0.29) is 130 Å². The summed E-state index contributed by atoms with van der Waals surface area (Å²) in [6, 6.07) is 0.